The summed E-state index contributed by atoms with van der Waals surface area (Å²) in [6.45, 7) is 14.8. The molecule has 29 heavy (non-hydrogen) atoms. The van der Waals surface area contributed by atoms with Crippen LogP contribution in [0.25, 0.3) is 0 Å². The van der Waals surface area contributed by atoms with Crippen LogP contribution in [0.2, 0.25) is 0 Å². The van der Waals surface area contributed by atoms with Gasteiger partial charge in [-0.1, -0.05) is 84.9 Å². The molecule has 0 spiro atoms. The van der Waals surface area contributed by atoms with E-state index in [0.717, 1.165) is 16.7 Å². The third-order valence-electron chi connectivity index (χ3n) is 5.37. The van der Waals surface area contributed by atoms with Crippen LogP contribution in [0.3, 0.4) is 0 Å². The Hall–Kier alpha value is -2.13. The number of aliphatic imine (C=N–C) groups is 1. The monoisotopic (exact) mass is 395 g/mol. The van der Waals surface area contributed by atoms with E-state index in [1.165, 1.54) is 0 Å². The second kappa shape index (κ2) is 9.13. The van der Waals surface area contributed by atoms with Crippen molar-refractivity contribution in [1.82, 2.24) is 0 Å². The Morgan fingerprint density at radius 2 is 1.59 bits per heavy atom. The molecule has 0 unspecified atom stereocenters. The highest BCUT2D eigenvalue weighted by Crippen LogP contribution is 2.37. The van der Waals surface area contributed by atoms with Crippen molar-refractivity contribution >= 4 is 6.21 Å². The molecule has 0 heterocycles. The van der Waals surface area contributed by atoms with E-state index in [4.69, 9.17) is 4.99 Å². The summed E-state index contributed by atoms with van der Waals surface area (Å²) in [5, 5.41) is 21.5. The fourth-order valence-electron chi connectivity index (χ4n) is 3.35. The first-order valence-electron chi connectivity index (χ1n) is 10.6. The van der Waals surface area contributed by atoms with Gasteiger partial charge in [0.05, 0.1) is 12.1 Å². The van der Waals surface area contributed by atoms with E-state index in [1.54, 1.807) is 6.21 Å². The quantitative estimate of drug-likeness (QED) is 0.608. The number of aromatic hydroxyl groups is 1. The Morgan fingerprint density at radius 3 is 2.10 bits per heavy atom. The van der Waals surface area contributed by atoms with Gasteiger partial charge in [-0.25, -0.2) is 0 Å². The van der Waals surface area contributed by atoms with Crippen molar-refractivity contribution in [3.8, 4) is 5.75 Å². The molecule has 0 amide bonds. The number of nitrogens with zero attached hydrogens (tertiary/aromatic N) is 1. The van der Waals surface area contributed by atoms with Gasteiger partial charge in [0.15, 0.2) is 0 Å². The molecule has 0 aliphatic carbocycles. The molecule has 0 saturated carbocycles. The molecular weight excluding hydrogens is 358 g/mol. The highest BCUT2D eigenvalue weighted by atomic mass is 16.3. The number of phenols is 1. The van der Waals surface area contributed by atoms with Gasteiger partial charge >= 0.3 is 0 Å². The molecule has 3 nitrogen and oxygen atoms in total. The molecule has 0 aromatic heterocycles. The average molecular weight is 396 g/mol. The van der Waals surface area contributed by atoms with E-state index in [9.17, 15) is 10.2 Å². The fourth-order valence-corrected chi connectivity index (χ4v) is 3.35. The van der Waals surface area contributed by atoms with Crippen molar-refractivity contribution in [2.75, 3.05) is 0 Å². The van der Waals surface area contributed by atoms with Gasteiger partial charge in [-0.2, -0.15) is 0 Å². The minimum Gasteiger partial charge on any atom is -0.507 e. The molecular formula is C26H37NO2. The summed E-state index contributed by atoms with van der Waals surface area (Å²) in [5.41, 5.74) is 3.72. The zero-order valence-electron chi connectivity index (χ0n) is 19.0. The Morgan fingerprint density at radius 1 is 0.966 bits per heavy atom. The summed E-state index contributed by atoms with van der Waals surface area (Å²) in [7, 11) is 0. The first-order valence-corrected chi connectivity index (χ1v) is 10.6. The molecule has 2 N–H and O–H groups in total. The van der Waals surface area contributed by atoms with Crippen LogP contribution in [-0.2, 0) is 17.3 Å². The van der Waals surface area contributed by atoms with Crippen LogP contribution in [-0.4, -0.2) is 28.6 Å². The van der Waals surface area contributed by atoms with Gasteiger partial charge in [0.2, 0.25) is 0 Å². The summed E-state index contributed by atoms with van der Waals surface area (Å²) >= 11 is 0. The summed E-state index contributed by atoms with van der Waals surface area (Å²) in [6.07, 6.45) is 2.52. The number of hydrogen-bond acceptors (Lipinski definition) is 3. The Labute approximate surface area is 176 Å². The summed E-state index contributed by atoms with van der Waals surface area (Å²) in [5.74, 6) is 0.277. The lowest BCUT2D eigenvalue weighted by Crippen LogP contribution is -2.26. The lowest BCUT2D eigenvalue weighted by molar-refractivity contribution is 0.141. The van der Waals surface area contributed by atoms with Crippen molar-refractivity contribution in [3.05, 3.63) is 64.7 Å². The van der Waals surface area contributed by atoms with Gasteiger partial charge in [0, 0.05) is 17.3 Å². The lowest BCUT2D eigenvalue weighted by atomic mass is 9.79. The van der Waals surface area contributed by atoms with Crippen molar-refractivity contribution in [2.24, 2.45) is 4.99 Å². The third-order valence-corrected chi connectivity index (χ3v) is 5.37. The molecule has 2 atom stereocenters. The number of aliphatic hydroxyl groups excluding tert-OH is 1. The van der Waals surface area contributed by atoms with Crippen LogP contribution >= 0.6 is 0 Å². The molecule has 158 valence electrons. The second-order valence-corrected chi connectivity index (χ2v) is 9.97. The standard InChI is InChI=1S/C26H37NO2/c1-8-23(28)22(14-18-12-10-9-11-13-18)27-17-19-15-20(25(2,3)4)16-21(24(19)29)26(5,6)7/h9-13,15-17,22-23,28-29H,8,14H2,1-7H3/t22-,23+/m0/s1. The molecule has 0 aliphatic rings. The van der Waals surface area contributed by atoms with E-state index in [2.05, 4.69) is 59.7 Å². The fraction of sp³-hybridized carbons (Fsp3) is 0.500. The zero-order valence-corrected chi connectivity index (χ0v) is 19.0. The predicted octanol–water partition coefficient (Wildman–Crippen LogP) is 5.79. The summed E-state index contributed by atoms with van der Waals surface area (Å²) in [6, 6.07) is 14.0. The highest BCUT2D eigenvalue weighted by molar-refractivity contribution is 5.85. The SMILES string of the molecule is CC[C@@H](O)[C@H](Cc1ccccc1)N=Cc1cc(C(C)(C)C)cc(C(C)(C)C)c1O. The number of rotatable bonds is 6. The van der Waals surface area contributed by atoms with Crippen LogP contribution in [0.15, 0.2) is 47.5 Å². The van der Waals surface area contributed by atoms with E-state index in [-0.39, 0.29) is 22.6 Å². The largest absolute Gasteiger partial charge is 0.507 e. The Bertz CT molecular complexity index is 826. The summed E-state index contributed by atoms with van der Waals surface area (Å²) < 4.78 is 0. The molecule has 0 saturated heterocycles. The molecule has 0 radical (unpaired) electrons. The average Bonchev–Trinajstić information content (AvgIpc) is 2.64. The topological polar surface area (TPSA) is 52.8 Å². The molecule has 2 aromatic carbocycles. The minimum absolute atomic E-state index is 0.0390. The molecule has 0 fully saturated rings. The Kier molecular flexibility index (Phi) is 7.29. The predicted molar refractivity (Wildman–Crippen MR) is 123 cm³/mol. The van der Waals surface area contributed by atoms with Crippen LogP contribution in [0.5, 0.6) is 5.75 Å². The van der Waals surface area contributed by atoms with Crippen molar-refractivity contribution in [3.63, 3.8) is 0 Å². The van der Waals surface area contributed by atoms with E-state index < -0.39 is 6.10 Å². The Balaban J connectivity index is 2.46. The highest BCUT2D eigenvalue weighted by Gasteiger charge is 2.25. The maximum atomic E-state index is 11.0. The number of aliphatic hydroxyl groups is 1. The summed E-state index contributed by atoms with van der Waals surface area (Å²) in [4.78, 5) is 4.73. The van der Waals surface area contributed by atoms with Crippen LogP contribution in [0.4, 0.5) is 0 Å². The molecule has 2 rings (SSSR count). The van der Waals surface area contributed by atoms with Gasteiger partial charge in [-0.05, 0) is 40.9 Å². The van der Waals surface area contributed by atoms with Gasteiger partial charge in [0.25, 0.3) is 0 Å². The normalized spacial score (nSPS) is 14.9. The number of phenolic OH excluding ortho intramolecular Hbond substituents is 1. The van der Waals surface area contributed by atoms with Gasteiger partial charge < -0.3 is 10.2 Å². The molecule has 0 aliphatic heterocycles. The van der Waals surface area contributed by atoms with Crippen LogP contribution in [0, 0.1) is 0 Å². The smallest absolute Gasteiger partial charge is 0.128 e. The zero-order chi connectivity index (χ0) is 21.8. The molecule has 2 aromatic rings. The minimum atomic E-state index is -0.526. The second-order valence-electron chi connectivity index (χ2n) is 9.97. The third kappa shape index (κ3) is 6.17. The molecule has 0 bridgehead atoms. The number of benzene rings is 2. The number of hydrogen-bond donors (Lipinski definition) is 2. The van der Waals surface area contributed by atoms with Crippen LogP contribution in [0.1, 0.15) is 77.1 Å². The lowest BCUT2D eigenvalue weighted by Gasteiger charge is -2.27. The van der Waals surface area contributed by atoms with E-state index in [1.807, 2.05) is 31.2 Å². The van der Waals surface area contributed by atoms with Crippen LogP contribution < -0.4 is 0 Å². The first kappa shape index (κ1) is 23.2. The van der Waals surface area contributed by atoms with E-state index in [0.29, 0.717) is 18.4 Å². The maximum Gasteiger partial charge on any atom is 0.128 e. The van der Waals surface area contributed by atoms with Gasteiger partial charge in [-0.15, -0.1) is 0 Å². The first-order chi connectivity index (χ1) is 13.4. The molecule has 3 heteroatoms. The van der Waals surface area contributed by atoms with Crippen molar-refractivity contribution in [1.29, 1.82) is 0 Å². The van der Waals surface area contributed by atoms with Gasteiger partial charge in [-0.3, -0.25) is 4.99 Å². The van der Waals surface area contributed by atoms with Gasteiger partial charge in [0.1, 0.15) is 5.75 Å². The van der Waals surface area contributed by atoms with Crippen molar-refractivity contribution in [2.45, 2.75) is 84.3 Å². The van der Waals surface area contributed by atoms with Crippen molar-refractivity contribution < 1.29 is 10.2 Å². The maximum absolute atomic E-state index is 11.0. The van der Waals surface area contributed by atoms with E-state index >= 15 is 0 Å².